The molecule has 0 aliphatic heterocycles. The highest BCUT2D eigenvalue weighted by Crippen LogP contribution is 2.13. The van der Waals surface area contributed by atoms with Gasteiger partial charge in [0.2, 0.25) is 0 Å². The summed E-state index contributed by atoms with van der Waals surface area (Å²) in [7, 11) is 1.68. The normalized spacial score (nSPS) is 15.8. The molecule has 0 saturated heterocycles. The first-order valence-electron chi connectivity index (χ1n) is 7.11. The van der Waals surface area contributed by atoms with Crippen molar-refractivity contribution in [2.45, 2.75) is 45.8 Å². The third kappa shape index (κ3) is 5.62. The molecule has 3 atom stereocenters. The van der Waals surface area contributed by atoms with Gasteiger partial charge in [0.25, 0.3) is 0 Å². The molecule has 0 amide bonds. The van der Waals surface area contributed by atoms with Crippen LogP contribution in [0.5, 0.6) is 5.75 Å². The van der Waals surface area contributed by atoms with Gasteiger partial charge in [-0.1, -0.05) is 32.4 Å². The van der Waals surface area contributed by atoms with Crippen LogP contribution in [0.25, 0.3) is 0 Å². The highest BCUT2D eigenvalue weighted by molar-refractivity contribution is 5.27. The molecule has 0 heterocycles. The van der Waals surface area contributed by atoms with E-state index in [1.807, 2.05) is 12.1 Å². The Morgan fingerprint density at radius 1 is 1.21 bits per heavy atom. The maximum absolute atomic E-state index is 9.92. The highest BCUT2D eigenvalue weighted by Gasteiger charge is 2.13. The number of rotatable bonds is 8. The Bertz CT molecular complexity index is 350. The van der Waals surface area contributed by atoms with Crippen LogP contribution in [0, 0.1) is 5.92 Å². The van der Waals surface area contributed by atoms with Crippen molar-refractivity contribution >= 4 is 0 Å². The van der Waals surface area contributed by atoms with E-state index in [1.165, 1.54) is 5.56 Å². The lowest BCUT2D eigenvalue weighted by molar-refractivity contribution is 0.110. The molecule has 0 fully saturated rings. The van der Waals surface area contributed by atoms with Gasteiger partial charge < -0.3 is 15.2 Å². The molecule has 0 bridgehead atoms. The van der Waals surface area contributed by atoms with Crippen molar-refractivity contribution in [1.29, 1.82) is 0 Å². The first kappa shape index (κ1) is 16.0. The molecule has 1 aromatic rings. The first-order chi connectivity index (χ1) is 9.06. The lowest BCUT2D eigenvalue weighted by atomic mass is 10.0. The number of benzene rings is 1. The molecule has 108 valence electrons. The van der Waals surface area contributed by atoms with Crippen LogP contribution >= 0.6 is 0 Å². The molecular weight excluding hydrogens is 238 g/mol. The van der Waals surface area contributed by atoms with Gasteiger partial charge in [0.05, 0.1) is 13.2 Å². The van der Waals surface area contributed by atoms with Crippen molar-refractivity contribution in [3.63, 3.8) is 0 Å². The summed E-state index contributed by atoms with van der Waals surface area (Å²) in [5.74, 6) is 1.23. The van der Waals surface area contributed by atoms with E-state index in [1.54, 1.807) is 7.11 Å². The molecule has 3 heteroatoms. The minimum Gasteiger partial charge on any atom is -0.497 e. The van der Waals surface area contributed by atoms with Crippen LogP contribution in [0.15, 0.2) is 24.3 Å². The molecule has 0 aromatic heterocycles. The fraction of sp³-hybridized carbons (Fsp3) is 0.625. The molecule has 0 saturated carbocycles. The predicted molar refractivity (Wildman–Crippen MR) is 79.6 cm³/mol. The number of aliphatic hydroxyl groups excluding tert-OH is 1. The average molecular weight is 265 g/mol. The van der Waals surface area contributed by atoms with E-state index in [-0.39, 0.29) is 6.10 Å². The number of aliphatic hydroxyl groups is 1. The van der Waals surface area contributed by atoms with Crippen molar-refractivity contribution in [1.82, 2.24) is 5.32 Å². The van der Waals surface area contributed by atoms with Crippen molar-refractivity contribution in [2.24, 2.45) is 5.92 Å². The van der Waals surface area contributed by atoms with Gasteiger partial charge in [0.15, 0.2) is 0 Å². The van der Waals surface area contributed by atoms with Crippen LogP contribution < -0.4 is 10.1 Å². The molecule has 3 unspecified atom stereocenters. The molecule has 0 aliphatic rings. The standard InChI is InChI=1S/C16H27NO2/c1-5-12(2)16(18)11-17-13(3)10-14-6-8-15(19-4)9-7-14/h6-9,12-13,16-18H,5,10-11H2,1-4H3. The van der Waals surface area contributed by atoms with Gasteiger partial charge in [0, 0.05) is 12.6 Å². The molecule has 2 N–H and O–H groups in total. The Hall–Kier alpha value is -1.06. The molecule has 3 nitrogen and oxygen atoms in total. The molecule has 19 heavy (non-hydrogen) atoms. The van der Waals surface area contributed by atoms with Gasteiger partial charge in [-0.05, 0) is 37.0 Å². The zero-order chi connectivity index (χ0) is 14.3. The number of hydrogen-bond acceptors (Lipinski definition) is 3. The summed E-state index contributed by atoms with van der Waals surface area (Å²) in [4.78, 5) is 0. The maximum atomic E-state index is 9.92. The summed E-state index contributed by atoms with van der Waals surface area (Å²) < 4.78 is 5.14. The summed E-state index contributed by atoms with van der Waals surface area (Å²) >= 11 is 0. The van der Waals surface area contributed by atoms with Crippen molar-refractivity contribution in [2.75, 3.05) is 13.7 Å². The maximum Gasteiger partial charge on any atom is 0.118 e. The second kappa shape index (κ2) is 8.18. The molecule has 0 radical (unpaired) electrons. The van der Waals surface area contributed by atoms with Gasteiger partial charge in [0.1, 0.15) is 5.75 Å². The van der Waals surface area contributed by atoms with E-state index in [2.05, 4.69) is 38.2 Å². The second-order valence-corrected chi connectivity index (χ2v) is 5.31. The van der Waals surface area contributed by atoms with Crippen molar-refractivity contribution < 1.29 is 9.84 Å². The zero-order valence-corrected chi connectivity index (χ0v) is 12.5. The largest absolute Gasteiger partial charge is 0.497 e. The topological polar surface area (TPSA) is 41.5 Å². The van der Waals surface area contributed by atoms with E-state index in [9.17, 15) is 5.11 Å². The van der Waals surface area contributed by atoms with Crippen LogP contribution in [0.1, 0.15) is 32.8 Å². The van der Waals surface area contributed by atoms with Gasteiger partial charge in [-0.25, -0.2) is 0 Å². The van der Waals surface area contributed by atoms with Crippen molar-refractivity contribution in [3.8, 4) is 5.75 Å². The van der Waals surface area contributed by atoms with Gasteiger partial charge >= 0.3 is 0 Å². The smallest absolute Gasteiger partial charge is 0.118 e. The van der Waals surface area contributed by atoms with E-state index < -0.39 is 0 Å². The van der Waals surface area contributed by atoms with Gasteiger partial charge in [-0.3, -0.25) is 0 Å². The summed E-state index contributed by atoms with van der Waals surface area (Å²) in [6.45, 7) is 7.00. The SMILES string of the molecule is CCC(C)C(O)CNC(C)Cc1ccc(OC)cc1. The molecule has 0 spiro atoms. The lowest BCUT2D eigenvalue weighted by Gasteiger charge is -2.21. The monoisotopic (exact) mass is 265 g/mol. The van der Waals surface area contributed by atoms with E-state index >= 15 is 0 Å². The molecular formula is C16H27NO2. The van der Waals surface area contributed by atoms with E-state index in [4.69, 9.17) is 4.74 Å². The minimum absolute atomic E-state index is 0.261. The lowest BCUT2D eigenvalue weighted by Crippen LogP contribution is -2.37. The van der Waals surface area contributed by atoms with Gasteiger partial charge in [-0.2, -0.15) is 0 Å². The Morgan fingerprint density at radius 3 is 2.37 bits per heavy atom. The minimum atomic E-state index is -0.261. The van der Waals surface area contributed by atoms with Crippen LogP contribution in [-0.4, -0.2) is 30.9 Å². The van der Waals surface area contributed by atoms with E-state index in [0.29, 0.717) is 18.5 Å². The summed E-state index contributed by atoms with van der Waals surface area (Å²) in [6, 6.07) is 8.49. The van der Waals surface area contributed by atoms with Crippen molar-refractivity contribution in [3.05, 3.63) is 29.8 Å². The number of nitrogens with one attached hydrogen (secondary N) is 1. The fourth-order valence-corrected chi connectivity index (χ4v) is 1.98. The van der Waals surface area contributed by atoms with E-state index in [0.717, 1.165) is 18.6 Å². The molecule has 1 rings (SSSR count). The third-order valence-corrected chi connectivity index (χ3v) is 3.68. The Labute approximate surface area is 117 Å². The fourth-order valence-electron chi connectivity index (χ4n) is 1.98. The summed E-state index contributed by atoms with van der Waals surface area (Å²) in [6.07, 6.45) is 1.70. The Morgan fingerprint density at radius 2 is 1.84 bits per heavy atom. The van der Waals surface area contributed by atoms with Crippen LogP contribution in [0.2, 0.25) is 0 Å². The quantitative estimate of drug-likeness (QED) is 0.759. The van der Waals surface area contributed by atoms with Gasteiger partial charge in [-0.15, -0.1) is 0 Å². The average Bonchev–Trinajstić information content (AvgIpc) is 2.44. The Balaban J connectivity index is 2.35. The molecule has 0 aliphatic carbocycles. The molecule has 1 aromatic carbocycles. The third-order valence-electron chi connectivity index (χ3n) is 3.68. The number of hydrogen-bond donors (Lipinski definition) is 2. The van der Waals surface area contributed by atoms with Crippen LogP contribution in [0.3, 0.4) is 0 Å². The van der Waals surface area contributed by atoms with Crippen LogP contribution in [0.4, 0.5) is 0 Å². The number of ether oxygens (including phenoxy) is 1. The number of methoxy groups -OCH3 is 1. The highest BCUT2D eigenvalue weighted by atomic mass is 16.5. The zero-order valence-electron chi connectivity index (χ0n) is 12.5. The predicted octanol–water partition coefficient (Wildman–Crippen LogP) is 2.62. The van der Waals surface area contributed by atoms with Crippen LogP contribution in [-0.2, 0) is 6.42 Å². The Kier molecular flexibility index (Phi) is 6.89. The second-order valence-electron chi connectivity index (χ2n) is 5.31. The summed E-state index contributed by atoms with van der Waals surface area (Å²) in [5.41, 5.74) is 1.28. The first-order valence-corrected chi connectivity index (χ1v) is 7.11. The summed E-state index contributed by atoms with van der Waals surface area (Å²) in [5, 5.41) is 13.3.